The summed E-state index contributed by atoms with van der Waals surface area (Å²) in [5.41, 5.74) is 5.03. The van der Waals surface area contributed by atoms with Crippen molar-refractivity contribution in [1.29, 1.82) is 0 Å². The van der Waals surface area contributed by atoms with Crippen molar-refractivity contribution < 1.29 is 18.0 Å². The molecule has 0 saturated heterocycles. The van der Waals surface area contributed by atoms with Crippen molar-refractivity contribution in [3.05, 3.63) is 0 Å². The second-order valence-corrected chi connectivity index (χ2v) is 6.67. The molecule has 1 atom stereocenters. The summed E-state index contributed by atoms with van der Waals surface area (Å²) >= 11 is 0. The van der Waals surface area contributed by atoms with Gasteiger partial charge in [0.15, 0.2) is 0 Å². The van der Waals surface area contributed by atoms with Gasteiger partial charge in [-0.1, -0.05) is 19.3 Å². The Morgan fingerprint density at radius 1 is 1.29 bits per heavy atom. The highest BCUT2D eigenvalue weighted by Gasteiger charge is 2.47. The lowest BCUT2D eigenvalue weighted by Gasteiger charge is -2.41. The van der Waals surface area contributed by atoms with Crippen LogP contribution in [-0.4, -0.2) is 36.1 Å². The Balaban J connectivity index is 2.19. The molecule has 0 aromatic carbocycles. The normalized spacial score (nSPS) is 23.7. The minimum atomic E-state index is -4.36. The van der Waals surface area contributed by atoms with Gasteiger partial charge in [0.05, 0.1) is 5.41 Å². The highest BCUT2D eigenvalue weighted by atomic mass is 19.4. The lowest BCUT2D eigenvalue weighted by molar-refractivity contribution is -0.173. The number of nitrogens with two attached hydrogens (primary N) is 1. The van der Waals surface area contributed by atoms with E-state index in [1.807, 2.05) is 0 Å². The molecule has 2 rings (SSSR count). The summed E-state index contributed by atoms with van der Waals surface area (Å²) in [6.45, 7) is 0.747. The molecule has 0 bridgehead atoms. The molecule has 0 aromatic heterocycles. The highest BCUT2D eigenvalue weighted by Crippen LogP contribution is 2.41. The zero-order chi connectivity index (χ0) is 15.7. The highest BCUT2D eigenvalue weighted by molar-refractivity contribution is 5.83. The van der Waals surface area contributed by atoms with E-state index in [0.29, 0.717) is 12.8 Å². The number of amides is 1. The number of halogens is 3. The lowest BCUT2D eigenvalue weighted by Crippen LogP contribution is -2.54. The fourth-order valence-electron chi connectivity index (χ4n) is 3.47. The third kappa shape index (κ3) is 3.90. The van der Waals surface area contributed by atoms with Gasteiger partial charge in [0.1, 0.15) is 6.54 Å². The molecule has 6 heteroatoms. The van der Waals surface area contributed by atoms with Crippen LogP contribution in [0.4, 0.5) is 13.2 Å². The first kappa shape index (κ1) is 16.6. The minimum Gasteiger partial charge on any atom is -0.330 e. The van der Waals surface area contributed by atoms with Crippen molar-refractivity contribution >= 4 is 5.91 Å². The molecule has 2 N–H and O–H groups in total. The van der Waals surface area contributed by atoms with Gasteiger partial charge in [0.25, 0.3) is 0 Å². The van der Waals surface area contributed by atoms with Crippen molar-refractivity contribution in [2.24, 2.45) is 17.1 Å². The van der Waals surface area contributed by atoms with Crippen LogP contribution in [0, 0.1) is 11.3 Å². The average Bonchev–Trinajstić information content (AvgIpc) is 3.27. The average molecular weight is 306 g/mol. The standard InChI is InChI=1S/C15H25F3N2O/c1-11(12-5-6-12)20(10-15(16,17)18)13(21)14(9-19)7-3-2-4-8-14/h11-12H,2-10,19H2,1H3. The van der Waals surface area contributed by atoms with Crippen LogP contribution in [-0.2, 0) is 4.79 Å². The zero-order valence-corrected chi connectivity index (χ0v) is 12.6. The second-order valence-electron chi connectivity index (χ2n) is 6.67. The molecule has 0 aromatic rings. The molecule has 2 fully saturated rings. The Kier molecular flexibility index (Phi) is 4.85. The van der Waals surface area contributed by atoms with Gasteiger partial charge in [-0.2, -0.15) is 13.2 Å². The Hall–Kier alpha value is -0.780. The van der Waals surface area contributed by atoms with Gasteiger partial charge in [0, 0.05) is 12.6 Å². The van der Waals surface area contributed by atoms with Gasteiger partial charge in [-0.15, -0.1) is 0 Å². The summed E-state index contributed by atoms with van der Waals surface area (Å²) in [6.07, 6.45) is 1.50. The maximum atomic E-state index is 12.9. The van der Waals surface area contributed by atoms with Crippen molar-refractivity contribution in [1.82, 2.24) is 4.90 Å². The fraction of sp³-hybridized carbons (Fsp3) is 0.933. The van der Waals surface area contributed by atoms with E-state index in [9.17, 15) is 18.0 Å². The van der Waals surface area contributed by atoms with E-state index in [1.54, 1.807) is 6.92 Å². The molecule has 0 aliphatic heterocycles. The largest absolute Gasteiger partial charge is 0.406 e. The van der Waals surface area contributed by atoms with Crippen LogP contribution in [0.1, 0.15) is 51.9 Å². The fourth-order valence-corrected chi connectivity index (χ4v) is 3.47. The predicted molar refractivity (Wildman–Crippen MR) is 74.5 cm³/mol. The molecule has 0 radical (unpaired) electrons. The van der Waals surface area contributed by atoms with Crippen LogP contribution >= 0.6 is 0 Å². The molecule has 122 valence electrons. The maximum Gasteiger partial charge on any atom is 0.406 e. The number of carbonyl (C=O) groups is 1. The van der Waals surface area contributed by atoms with Crippen molar-refractivity contribution in [3.63, 3.8) is 0 Å². The number of alkyl halides is 3. The minimum absolute atomic E-state index is 0.150. The van der Waals surface area contributed by atoms with Gasteiger partial charge in [-0.3, -0.25) is 4.79 Å². The lowest BCUT2D eigenvalue weighted by atomic mass is 9.72. The van der Waals surface area contributed by atoms with Gasteiger partial charge in [-0.05, 0) is 38.5 Å². The first-order valence-electron chi connectivity index (χ1n) is 7.87. The Labute approximate surface area is 124 Å². The summed E-state index contributed by atoms with van der Waals surface area (Å²) < 4.78 is 38.6. The van der Waals surface area contributed by atoms with Gasteiger partial charge in [-0.25, -0.2) is 0 Å². The number of hydrogen-bond acceptors (Lipinski definition) is 2. The van der Waals surface area contributed by atoms with E-state index < -0.39 is 18.1 Å². The van der Waals surface area contributed by atoms with Crippen LogP contribution in [0.25, 0.3) is 0 Å². The Morgan fingerprint density at radius 3 is 2.29 bits per heavy atom. The molecule has 2 aliphatic carbocycles. The van der Waals surface area contributed by atoms with Gasteiger partial charge in [0.2, 0.25) is 5.91 Å². The van der Waals surface area contributed by atoms with Crippen LogP contribution < -0.4 is 5.73 Å². The molecule has 1 unspecified atom stereocenters. The zero-order valence-electron chi connectivity index (χ0n) is 12.6. The van der Waals surface area contributed by atoms with Crippen LogP contribution in [0.2, 0.25) is 0 Å². The van der Waals surface area contributed by atoms with Crippen molar-refractivity contribution in [2.75, 3.05) is 13.1 Å². The van der Waals surface area contributed by atoms with Crippen LogP contribution in [0.3, 0.4) is 0 Å². The first-order chi connectivity index (χ1) is 9.79. The third-order valence-electron chi connectivity index (χ3n) is 5.06. The number of carbonyl (C=O) groups excluding carboxylic acids is 1. The van der Waals surface area contributed by atoms with Crippen molar-refractivity contribution in [2.45, 2.75) is 64.1 Å². The van der Waals surface area contributed by atoms with Crippen LogP contribution in [0.15, 0.2) is 0 Å². The van der Waals surface area contributed by atoms with Crippen molar-refractivity contribution in [3.8, 4) is 0 Å². The second kappa shape index (κ2) is 6.15. The van der Waals surface area contributed by atoms with E-state index in [2.05, 4.69) is 0 Å². The molecule has 2 aliphatic rings. The summed E-state index contributed by atoms with van der Waals surface area (Å²) in [5, 5.41) is 0. The number of nitrogens with zero attached hydrogens (tertiary/aromatic N) is 1. The summed E-state index contributed by atoms with van der Waals surface area (Å²) in [5.74, 6) is -0.156. The molecule has 0 heterocycles. The van der Waals surface area contributed by atoms with E-state index in [1.165, 1.54) is 0 Å². The topological polar surface area (TPSA) is 46.3 Å². The third-order valence-corrected chi connectivity index (χ3v) is 5.06. The van der Waals surface area contributed by atoms with E-state index in [-0.39, 0.29) is 24.4 Å². The Bertz CT molecular complexity index is 374. The Morgan fingerprint density at radius 2 is 1.86 bits per heavy atom. The molecule has 21 heavy (non-hydrogen) atoms. The first-order valence-corrected chi connectivity index (χ1v) is 7.87. The maximum absolute atomic E-state index is 12.9. The number of hydrogen-bond donors (Lipinski definition) is 1. The molecule has 2 saturated carbocycles. The summed E-state index contributed by atoms with van der Waals surface area (Å²) in [6, 6.07) is -0.343. The monoisotopic (exact) mass is 306 g/mol. The van der Waals surface area contributed by atoms with E-state index in [0.717, 1.165) is 37.0 Å². The van der Waals surface area contributed by atoms with Crippen LogP contribution in [0.5, 0.6) is 0 Å². The van der Waals surface area contributed by atoms with Gasteiger partial charge < -0.3 is 10.6 Å². The predicted octanol–water partition coefficient (Wildman–Crippen LogP) is 3.09. The number of rotatable bonds is 5. The molecular weight excluding hydrogens is 281 g/mol. The molecular formula is C15H25F3N2O. The smallest absolute Gasteiger partial charge is 0.330 e. The summed E-state index contributed by atoms with van der Waals surface area (Å²) in [7, 11) is 0. The molecule has 0 spiro atoms. The van der Waals surface area contributed by atoms with E-state index in [4.69, 9.17) is 5.73 Å². The molecule has 1 amide bonds. The van der Waals surface area contributed by atoms with Gasteiger partial charge >= 0.3 is 6.18 Å². The quantitative estimate of drug-likeness (QED) is 0.848. The SMILES string of the molecule is CC(C1CC1)N(CC(F)(F)F)C(=O)C1(CN)CCCCC1. The molecule has 3 nitrogen and oxygen atoms in total. The summed E-state index contributed by atoms with van der Waals surface area (Å²) in [4.78, 5) is 13.9. The van der Waals surface area contributed by atoms with E-state index >= 15 is 0 Å².